The Balaban J connectivity index is 1.88. The van der Waals surface area contributed by atoms with Crippen molar-refractivity contribution in [1.29, 1.82) is 0 Å². The molecule has 0 radical (unpaired) electrons. The lowest BCUT2D eigenvalue weighted by molar-refractivity contribution is -0.147. The van der Waals surface area contributed by atoms with E-state index in [9.17, 15) is 19.1 Å². The Labute approximate surface area is 120 Å². The van der Waals surface area contributed by atoms with Crippen molar-refractivity contribution in [3.05, 3.63) is 35.8 Å². The number of hydrogen-bond acceptors (Lipinski definition) is 2. The predicted molar refractivity (Wildman–Crippen MR) is 74.5 cm³/mol. The van der Waals surface area contributed by atoms with Gasteiger partial charge in [-0.15, -0.1) is 0 Å². The minimum Gasteiger partial charge on any atom is -0.481 e. The average Bonchev–Trinajstić information content (AvgIpc) is 3.03. The van der Waals surface area contributed by atoms with Crippen molar-refractivity contribution in [2.24, 2.45) is 5.41 Å². The molecule has 21 heavy (non-hydrogen) atoms. The summed E-state index contributed by atoms with van der Waals surface area (Å²) in [7, 11) is 0. The zero-order valence-corrected chi connectivity index (χ0v) is 11.5. The van der Waals surface area contributed by atoms with Crippen LogP contribution < -0.4 is 0 Å². The number of hydrogen-bond donors (Lipinski definition) is 2. The maximum atomic E-state index is 13.6. The third kappa shape index (κ3) is 2.16. The average molecular weight is 290 g/mol. The minimum atomic E-state index is -0.910. The van der Waals surface area contributed by atoms with Crippen LogP contribution in [0.25, 0.3) is 10.9 Å². The Hall–Kier alpha value is -2.37. The lowest BCUT2D eigenvalue weighted by Crippen LogP contribution is -2.35. The van der Waals surface area contributed by atoms with E-state index in [2.05, 4.69) is 4.98 Å². The second-order valence-corrected chi connectivity index (χ2v) is 5.73. The number of likely N-dealkylation sites (tertiary alicyclic amines) is 1. The zero-order valence-electron chi connectivity index (χ0n) is 11.5. The number of carboxylic acid groups (broad SMARTS) is 1. The van der Waals surface area contributed by atoms with E-state index < -0.39 is 11.4 Å². The summed E-state index contributed by atoms with van der Waals surface area (Å²) in [6, 6.07) is 6.07. The van der Waals surface area contributed by atoms with Gasteiger partial charge in [0.2, 0.25) is 0 Å². The van der Waals surface area contributed by atoms with E-state index in [1.807, 2.05) is 0 Å². The van der Waals surface area contributed by atoms with Gasteiger partial charge in [-0.1, -0.05) is 6.07 Å². The van der Waals surface area contributed by atoms with E-state index in [1.165, 1.54) is 17.0 Å². The van der Waals surface area contributed by atoms with Crippen LogP contribution in [0.3, 0.4) is 0 Å². The molecule has 1 aromatic carbocycles. The van der Waals surface area contributed by atoms with Gasteiger partial charge in [-0.2, -0.15) is 0 Å². The number of carboxylic acids is 1. The molecule has 6 heteroatoms. The Kier molecular flexibility index (Phi) is 2.97. The SMILES string of the molecule is CC1(C(=O)O)CCN(C(=O)c2cc3c(F)cccc3[nH]2)C1. The van der Waals surface area contributed by atoms with Crippen LogP contribution in [0.2, 0.25) is 0 Å². The summed E-state index contributed by atoms with van der Waals surface area (Å²) >= 11 is 0. The normalized spacial score (nSPS) is 21.9. The molecule has 0 aliphatic carbocycles. The molecule has 2 heterocycles. The first-order valence-corrected chi connectivity index (χ1v) is 6.71. The van der Waals surface area contributed by atoms with Crippen LogP contribution in [-0.2, 0) is 4.79 Å². The quantitative estimate of drug-likeness (QED) is 0.891. The highest BCUT2D eigenvalue weighted by Crippen LogP contribution is 2.31. The highest BCUT2D eigenvalue weighted by Gasteiger charge is 2.42. The molecule has 1 amide bonds. The maximum Gasteiger partial charge on any atom is 0.311 e. The molecule has 2 N–H and O–H groups in total. The molecule has 1 aliphatic heterocycles. The number of nitrogens with zero attached hydrogens (tertiary/aromatic N) is 1. The third-order valence-electron chi connectivity index (χ3n) is 4.12. The van der Waals surface area contributed by atoms with Gasteiger partial charge in [-0.3, -0.25) is 9.59 Å². The number of H-pyrrole nitrogens is 1. The van der Waals surface area contributed by atoms with Gasteiger partial charge in [0.1, 0.15) is 11.5 Å². The van der Waals surface area contributed by atoms with Gasteiger partial charge in [0.05, 0.1) is 5.41 Å². The van der Waals surface area contributed by atoms with Crippen molar-refractivity contribution in [3.63, 3.8) is 0 Å². The van der Waals surface area contributed by atoms with Crippen molar-refractivity contribution in [2.45, 2.75) is 13.3 Å². The number of rotatable bonds is 2. The number of carbonyl (C=O) groups is 2. The van der Waals surface area contributed by atoms with Crippen molar-refractivity contribution in [2.75, 3.05) is 13.1 Å². The van der Waals surface area contributed by atoms with E-state index in [-0.39, 0.29) is 24.0 Å². The topological polar surface area (TPSA) is 73.4 Å². The van der Waals surface area contributed by atoms with Crippen LogP contribution in [0.5, 0.6) is 0 Å². The number of aromatic amines is 1. The number of fused-ring (bicyclic) bond motifs is 1. The van der Waals surface area contributed by atoms with E-state index in [1.54, 1.807) is 19.1 Å². The Morgan fingerprint density at radius 3 is 2.81 bits per heavy atom. The first-order valence-electron chi connectivity index (χ1n) is 6.71. The van der Waals surface area contributed by atoms with Gasteiger partial charge in [-0.25, -0.2) is 4.39 Å². The minimum absolute atomic E-state index is 0.166. The number of aromatic nitrogens is 1. The standard InChI is InChI=1S/C15H15FN2O3/c1-15(14(20)21)5-6-18(8-15)13(19)12-7-9-10(16)3-2-4-11(9)17-12/h2-4,7,17H,5-6,8H2,1H3,(H,20,21). The highest BCUT2D eigenvalue weighted by atomic mass is 19.1. The summed E-state index contributed by atoms with van der Waals surface area (Å²) < 4.78 is 13.6. The van der Waals surface area contributed by atoms with Crippen molar-refractivity contribution in [3.8, 4) is 0 Å². The van der Waals surface area contributed by atoms with Crippen LogP contribution in [0.1, 0.15) is 23.8 Å². The summed E-state index contributed by atoms with van der Waals surface area (Å²) in [6.45, 7) is 2.19. The Bertz CT molecular complexity index is 740. The highest BCUT2D eigenvalue weighted by molar-refractivity contribution is 5.98. The van der Waals surface area contributed by atoms with Gasteiger partial charge in [0, 0.05) is 24.0 Å². The molecule has 0 bridgehead atoms. The molecule has 110 valence electrons. The van der Waals surface area contributed by atoms with Crippen molar-refractivity contribution < 1.29 is 19.1 Å². The number of carbonyl (C=O) groups excluding carboxylic acids is 1. The van der Waals surface area contributed by atoms with Gasteiger partial charge in [-0.05, 0) is 31.5 Å². The number of amides is 1. The molecular formula is C15H15FN2O3. The Morgan fingerprint density at radius 1 is 1.43 bits per heavy atom. The zero-order chi connectivity index (χ0) is 15.2. The fourth-order valence-corrected chi connectivity index (χ4v) is 2.71. The molecule has 0 spiro atoms. The van der Waals surface area contributed by atoms with Gasteiger partial charge in [0.15, 0.2) is 0 Å². The second kappa shape index (κ2) is 4.58. The number of nitrogens with one attached hydrogen (secondary N) is 1. The predicted octanol–water partition coefficient (Wildman–Crippen LogP) is 2.24. The lowest BCUT2D eigenvalue weighted by Gasteiger charge is -2.19. The molecule has 1 aliphatic rings. The summed E-state index contributed by atoms with van der Waals surface area (Å²) in [6.07, 6.45) is 0.419. The number of aliphatic carboxylic acids is 1. The third-order valence-corrected chi connectivity index (χ3v) is 4.12. The molecule has 1 atom stereocenters. The van der Waals surface area contributed by atoms with E-state index in [0.29, 0.717) is 23.9 Å². The van der Waals surface area contributed by atoms with Crippen LogP contribution in [0.4, 0.5) is 4.39 Å². The van der Waals surface area contributed by atoms with Crippen LogP contribution >= 0.6 is 0 Å². The summed E-state index contributed by atoms with van der Waals surface area (Å²) in [5.41, 5.74) is -0.0734. The largest absolute Gasteiger partial charge is 0.481 e. The fraction of sp³-hybridized carbons (Fsp3) is 0.333. The van der Waals surface area contributed by atoms with E-state index >= 15 is 0 Å². The van der Waals surface area contributed by atoms with Crippen molar-refractivity contribution >= 4 is 22.8 Å². The molecule has 1 aromatic heterocycles. The van der Waals surface area contributed by atoms with Gasteiger partial charge >= 0.3 is 5.97 Å². The molecule has 0 saturated carbocycles. The molecular weight excluding hydrogens is 275 g/mol. The summed E-state index contributed by atoms with van der Waals surface area (Å²) in [5.74, 6) is -1.59. The van der Waals surface area contributed by atoms with Crippen LogP contribution in [0, 0.1) is 11.2 Å². The molecule has 1 unspecified atom stereocenters. The second-order valence-electron chi connectivity index (χ2n) is 5.73. The molecule has 3 rings (SSSR count). The Morgan fingerprint density at radius 2 is 2.19 bits per heavy atom. The molecule has 2 aromatic rings. The van der Waals surface area contributed by atoms with Gasteiger partial charge in [0.25, 0.3) is 5.91 Å². The van der Waals surface area contributed by atoms with E-state index in [0.717, 1.165) is 0 Å². The fourth-order valence-electron chi connectivity index (χ4n) is 2.71. The lowest BCUT2D eigenvalue weighted by atomic mass is 9.90. The molecule has 1 fully saturated rings. The van der Waals surface area contributed by atoms with Crippen LogP contribution in [0.15, 0.2) is 24.3 Å². The molecule has 1 saturated heterocycles. The number of benzene rings is 1. The number of halogens is 1. The summed E-state index contributed by atoms with van der Waals surface area (Å²) in [5, 5.41) is 9.56. The summed E-state index contributed by atoms with van der Waals surface area (Å²) in [4.78, 5) is 28.0. The maximum absolute atomic E-state index is 13.6. The van der Waals surface area contributed by atoms with E-state index in [4.69, 9.17) is 0 Å². The van der Waals surface area contributed by atoms with Crippen LogP contribution in [-0.4, -0.2) is 40.0 Å². The monoisotopic (exact) mass is 290 g/mol. The smallest absolute Gasteiger partial charge is 0.311 e. The molecule has 5 nitrogen and oxygen atoms in total. The first kappa shape index (κ1) is 13.6. The van der Waals surface area contributed by atoms with Gasteiger partial charge < -0.3 is 15.0 Å². The van der Waals surface area contributed by atoms with Crippen molar-refractivity contribution in [1.82, 2.24) is 9.88 Å². The first-order chi connectivity index (χ1) is 9.90.